The van der Waals surface area contributed by atoms with Crippen molar-refractivity contribution in [2.45, 2.75) is 13.8 Å². The molecule has 0 aliphatic carbocycles. The Balaban J connectivity index is 3.82. The van der Waals surface area contributed by atoms with Gasteiger partial charge in [-0.2, -0.15) is 0 Å². The van der Waals surface area contributed by atoms with Crippen LogP contribution in [0.3, 0.4) is 0 Å². The lowest BCUT2D eigenvalue weighted by molar-refractivity contribution is 0.559. The van der Waals surface area contributed by atoms with Gasteiger partial charge < -0.3 is 0 Å². The van der Waals surface area contributed by atoms with Crippen molar-refractivity contribution in [2.24, 2.45) is 5.92 Å². The van der Waals surface area contributed by atoms with E-state index in [1.165, 1.54) is 6.08 Å². The van der Waals surface area contributed by atoms with Crippen LogP contribution < -0.4 is 0 Å². The summed E-state index contributed by atoms with van der Waals surface area (Å²) in [4.78, 5) is 0. The maximum absolute atomic E-state index is 12.4. The largest absolute Gasteiger partial charge is 0.247 e. The Kier molecular flexibility index (Phi) is 4.81. The van der Waals surface area contributed by atoms with Crippen molar-refractivity contribution >= 4 is 0 Å². The van der Waals surface area contributed by atoms with Gasteiger partial charge in [0.05, 0.1) is 0 Å². The summed E-state index contributed by atoms with van der Waals surface area (Å²) < 4.78 is 23.9. The highest BCUT2D eigenvalue weighted by atomic mass is 19.1. The molecule has 0 rings (SSSR count). The van der Waals surface area contributed by atoms with Crippen molar-refractivity contribution in [1.29, 1.82) is 0 Å². The molecule has 0 unspecified atom stereocenters. The number of rotatable bonds is 3. The van der Waals surface area contributed by atoms with Gasteiger partial charge in [0.2, 0.25) is 0 Å². The van der Waals surface area contributed by atoms with Gasteiger partial charge in [0.25, 0.3) is 0 Å². The summed E-state index contributed by atoms with van der Waals surface area (Å²) in [7, 11) is 0. The second-order valence-electron chi connectivity index (χ2n) is 2.35. The Hall–Kier alpha value is -0.660. The molecule has 0 bridgehead atoms. The minimum atomic E-state index is -0.612. The summed E-state index contributed by atoms with van der Waals surface area (Å²) in [5.74, 6) is -0.197. The van der Waals surface area contributed by atoms with Crippen LogP contribution in [0.4, 0.5) is 8.78 Å². The summed E-state index contributed by atoms with van der Waals surface area (Å²) in [6.07, 6.45) is 3.72. The molecule has 58 valence electrons. The van der Waals surface area contributed by atoms with Crippen molar-refractivity contribution in [2.75, 3.05) is 6.67 Å². The molecule has 0 aliphatic rings. The zero-order valence-corrected chi connectivity index (χ0v) is 6.27. The number of halogens is 2. The zero-order valence-electron chi connectivity index (χ0n) is 6.27. The van der Waals surface area contributed by atoms with Gasteiger partial charge in [-0.25, -0.2) is 8.78 Å². The predicted octanol–water partition coefficient (Wildman–Crippen LogP) is 3.02. The van der Waals surface area contributed by atoms with E-state index in [1.54, 1.807) is 0 Å². The van der Waals surface area contributed by atoms with Gasteiger partial charge in [0, 0.05) is 0 Å². The van der Waals surface area contributed by atoms with Crippen molar-refractivity contribution in [3.05, 3.63) is 24.1 Å². The van der Waals surface area contributed by atoms with Crippen LogP contribution in [0.1, 0.15) is 13.8 Å². The third-order valence-electron chi connectivity index (χ3n) is 0.859. The van der Waals surface area contributed by atoms with Crippen LogP contribution in [0.25, 0.3) is 0 Å². The molecule has 0 aromatic heterocycles. The molecular weight excluding hydrogens is 134 g/mol. The standard InChI is InChI=1S/C8H12F2/c1-7(2)6-8(10)4-3-5-9/h3-4,6-7H,5H2,1-2H3/b4-3-,8-6+. The van der Waals surface area contributed by atoms with E-state index >= 15 is 0 Å². The highest BCUT2D eigenvalue weighted by Gasteiger charge is 1.89. The van der Waals surface area contributed by atoms with Crippen molar-refractivity contribution in [3.8, 4) is 0 Å². The first-order valence-corrected chi connectivity index (χ1v) is 3.26. The normalized spacial score (nSPS) is 13.5. The van der Waals surface area contributed by atoms with Crippen LogP contribution in [0, 0.1) is 5.92 Å². The maximum Gasteiger partial charge on any atom is 0.119 e. The van der Waals surface area contributed by atoms with E-state index in [1.807, 2.05) is 13.8 Å². The lowest BCUT2D eigenvalue weighted by Gasteiger charge is -1.92. The average Bonchev–Trinajstić information content (AvgIpc) is 1.82. The predicted molar refractivity (Wildman–Crippen MR) is 39.1 cm³/mol. The molecular formula is C8H12F2. The number of allylic oxidation sites excluding steroid dienone is 4. The Morgan fingerprint density at radius 3 is 2.50 bits per heavy atom. The quantitative estimate of drug-likeness (QED) is 0.537. The Bertz CT molecular complexity index is 134. The molecule has 0 saturated heterocycles. The Morgan fingerprint density at radius 1 is 1.50 bits per heavy atom. The molecule has 0 radical (unpaired) electrons. The minimum Gasteiger partial charge on any atom is -0.247 e. The highest BCUT2D eigenvalue weighted by molar-refractivity contribution is 5.11. The first-order chi connectivity index (χ1) is 4.66. The zero-order chi connectivity index (χ0) is 7.98. The van der Waals surface area contributed by atoms with Crippen LogP contribution in [-0.4, -0.2) is 6.67 Å². The van der Waals surface area contributed by atoms with Gasteiger partial charge in [-0.1, -0.05) is 19.9 Å². The fourth-order valence-corrected chi connectivity index (χ4v) is 0.531. The van der Waals surface area contributed by atoms with Crippen LogP contribution in [-0.2, 0) is 0 Å². The van der Waals surface area contributed by atoms with E-state index in [2.05, 4.69) is 0 Å². The summed E-state index contributed by atoms with van der Waals surface area (Å²) in [6.45, 7) is 3.12. The smallest absolute Gasteiger partial charge is 0.119 e. The summed E-state index contributed by atoms with van der Waals surface area (Å²) in [6, 6.07) is 0. The fourth-order valence-electron chi connectivity index (χ4n) is 0.531. The van der Waals surface area contributed by atoms with Gasteiger partial charge in [-0.3, -0.25) is 0 Å². The van der Waals surface area contributed by atoms with Crippen molar-refractivity contribution in [1.82, 2.24) is 0 Å². The molecule has 0 aromatic carbocycles. The summed E-state index contributed by atoms with van der Waals surface area (Å²) in [5, 5.41) is 0. The summed E-state index contributed by atoms with van der Waals surface area (Å²) >= 11 is 0. The topological polar surface area (TPSA) is 0 Å². The monoisotopic (exact) mass is 146 g/mol. The lowest BCUT2D eigenvalue weighted by Crippen LogP contribution is -1.79. The van der Waals surface area contributed by atoms with E-state index in [0.29, 0.717) is 0 Å². The number of alkyl halides is 1. The molecule has 0 amide bonds. The van der Waals surface area contributed by atoms with E-state index in [4.69, 9.17) is 0 Å². The molecule has 0 heterocycles. The van der Waals surface area contributed by atoms with Gasteiger partial charge in [-0.15, -0.1) is 0 Å². The molecule has 0 N–H and O–H groups in total. The SMILES string of the molecule is CC(C)/C=C(F)\C=C/CF. The molecule has 0 saturated carbocycles. The van der Waals surface area contributed by atoms with Gasteiger partial charge >= 0.3 is 0 Å². The molecule has 0 atom stereocenters. The Labute approximate surface area is 60.2 Å². The highest BCUT2D eigenvalue weighted by Crippen LogP contribution is 2.04. The third-order valence-corrected chi connectivity index (χ3v) is 0.859. The maximum atomic E-state index is 12.4. The van der Waals surface area contributed by atoms with E-state index < -0.39 is 6.67 Å². The van der Waals surface area contributed by atoms with E-state index in [9.17, 15) is 8.78 Å². The van der Waals surface area contributed by atoms with Crippen molar-refractivity contribution < 1.29 is 8.78 Å². The van der Waals surface area contributed by atoms with Gasteiger partial charge in [0.1, 0.15) is 12.5 Å². The molecule has 0 aliphatic heterocycles. The molecule has 0 aromatic rings. The van der Waals surface area contributed by atoms with E-state index in [-0.39, 0.29) is 11.7 Å². The second kappa shape index (κ2) is 5.15. The molecule has 0 fully saturated rings. The van der Waals surface area contributed by atoms with E-state index in [0.717, 1.165) is 12.2 Å². The van der Waals surface area contributed by atoms with Crippen LogP contribution in [0.5, 0.6) is 0 Å². The Morgan fingerprint density at radius 2 is 2.10 bits per heavy atom. The molecule has 2 heteroatoms. The minimum absolute atomic E-state index is 0.171. The fraction of sp³-hybridized carbons (Fsp3) is 0.500. The average molecular weight is 146 g/mol. The summed E-state index contributed by atoms with van der Waals surface area (Å²) in [5.41, 5.74) is 0. The van der Waals surface area contributed by atoms with Crippen LogP contribution >= 0.6 is 0 Å². The molecule has 10 heavy (non-hydrogen) atoms. The van der Waals surface area contributed by atoms with Gasteiger partial charge in [0.15, 0.2) is 0 Å². The first-order valence-electron chi connectivity index (χ1n) is 3.26. The third kappa shape index (κ3) is 5.48. The molecule has 0 spiro atoms. The second-order valence-corrected chi connectivity index (χ2v) is 2.35. The van der Waals surface area contributed by atoms with Crippen LogP contribution in [0.15, 0.2) is 24.1 Å². The molecule has 0 nitrogen and oxygen atoms in total. The number of hydrogen-bond donors (Lipinski definition) is 0. The first kappa shape index (κ1) is 9.34. The number of hydrogen-bond acceptors (Lipinski definition) is 0. The van der Waals surface area contributed by atoms with Crippen molar-refractivity contribution in [3.63, 3.8) is 0 Å². The lowest BCUT2D eigenvalue weighted by atomic mass is 10.2. The van der Waals surface area contributed by atoms with Gasteiger partial charge in [-0.05, 0) is 18.1 Å². The van der Waals surface area contributed by atoms with Crippen LogP contribution in [0.2, 0.25) is 0 Å².